The lowest BCUT2D eigenvalue weighted by molar-refractivity contribution is -0.114. The third kappa shape index (κ3) is 4.77. The lowest BCUT2D eigenvalue weighted by Gasteiger charge is -2.13. The van der Waals surface area contributed by atoms with Crippen molar-refractivity contribution in [1.29, 1.82) is 0 Å². The van der Waals surface area contributed by atoms with Gasteiger partial charge in [0.25, 0.3) is 0 Å². The summed E-state index contributed by atoms with van der Waals surface area (Å²) in [4.78, 5) is 12.0. The van der Waals surface area contributed by atoms with Crippen LogP contribution < -0.4 is 5.32 Å². The minimum Gasteiger partial charge on any atom is -0.364 e. The first kappa shape index (κ1) is 12.7. The van der Waals surface area contributed by atoms with Crippen molar-refractivity contribution in [2.75, 3.05) is 5.75 Å². The monoisotopic (exact) mass is 259 g/mol. The van der Waals surface area contributed by atoms with E-state index in [-0.39, 0.29) is 11.8 Å². The molecule has 1 aromatic heterocycles. The minimum atomic E-state index is 0.146. The van der Waals surface area contributed by atoms with Crippen LogP contribution in [0.15, 0.2) is 17.5 Å². The van der Waals surface area contributed by atoms with E-state index in [1.54, 1.807) is 18.3 Å². The quantitative estimate of drug-likeness (QED) is 0.842. The van der Waals surface area contributed by atoms with E-state index in [1.165, 1.54) is 16.6 Å². The Morgan fingerprint density at radius 3 is 3.00 bits per heavy atom. The SMILES string of the molecule is CC(=O)CSC(=S)NC(C)c1cccs1. The Morgan fingerprint density at radius 2 is 2.47 bits per heavy atom. The fourth-order valence-corrected chi connectivity index (χ4v) is 2.68. The van der Waals surface area contributed by atoms with E-state index in [1.807, 2.05) is 11.4 Å². The molecule has 0 amide bonds. The van der Waals surface area contributed by atoms with Crippen LogP contribution in [0.3, 0.4) is 0 Å². The second kappa shape index (κ2) is 6.25. The molecule has 1 aromatic rings. The Hall–Kier alpha value is -0.390. The highest BCUT2D eigenvalue weighted by Gasteiger charge is 2.08. The van der Waals surface area contributed by atoms with Gasteiger partial charge < -0.3 is 5.32 Å². The van der Waals surface area contributed by atoms with Gasteiger partial charge in [-0.25, -0.2) is 0 Å². The number of nitrogens with one attached hydrogen (secondary N) is 1. The highest BCUT2D eigenvalue weighted by molar-refractivity contribution is 8.23. The molecule has 1 unspecified atom stereocenters. The first-order chi connectivity index (χ1) is 7.09. The van der Waals surface area contributed by atoms with Gasteiger partial charge in [-0.05, 0) is 25.3 Å². The van der Waals surface area contributed by atoms with Crippen LogP contribution in [0.2, 0.25) is 0 Å². The molecule has 0 aliphatic heterocycles. The second-order valence-corrected chi connectivity index (χ2v) is 5.79. The fraction of sp³-hybridized carbons (Fsp3) is 0.400. The molecule has 0 aliphatic rings. The van der Waals surface area contributed by atoms with Crippen molar-refractivity contribution in [3.05, 3.63) is 22.4 Å². The van der Waals surface area contributed by atoms with Gasteiger partial charge in [0, 0.05) is 4.88 Å². The third-order valence-corrected chi connectivity index (χ3v) is 4.17. The summed E-state index contributed by atoms with van der Waals surface area (Å²) in [5, 5.41) is 5.23. The summed E-state index contributed by atoms with van der Waals surface area (Å²) in [5.41, 5.74) is 0. The van der Waals surface area contributed by atoms with E-state index in [9.17, 15) is 4.79 Å². The van der Waals surface area contributed by atoms with Crippen LogP contribution in [0.25, 0.3) is 0 Å². The largest absolute Gasteiger partial charge is 0.364 e. The predicted octanol–water partition coefficient (Wildman–Crippen LogP) is 3.01. The van der Waals surface area contributed by atoms with E-state index in [0.717, 1.165) is 0 Å². The van der Waals surface area contributed by atoms with Crippen molar-refractivity contribution in [2.45, 2.75) is 19.9 Å². The minimum absolute atomic E-state index is 0.146. The summed E-state index contributed by atoms with van der Waals surface area (Å²) in [6.45, 7) is 3.63. The Labute approximate surface area is 103 Å². The number of rotatable bonds is 4. The molecule has 0 aromatic carbocycles. The van der Waals surface area contributed by atoms with E-state index >= 15 is 0 Å². The fourth-order valence-electron chi connectivity index (χ4n) is 0.994. The number of carbonyl (C=O) groups excluding carboxylic acids is 1. The highest BCUT2D eigenvalue weighted by Crippen LogP contribution is 2.19. The molecular weight excluding hydrogens is 246 g/mol. The topological polar surface area (TPSA) is 29.1 Å². The number of thiocarbonyl (C=S) groups is 1. The Morgan fingerprint density at radius 1 is 1.73 bits per heavy atom. The summed E-state index contributed by atoms with van der Waals surface area (Å²) < 4.78 is 0.686. The van der Waals surface area contributed by atoms with Gasteiger partial charge in [0.05, 0.1) is 11.8 Å². The number of Topliss-reactive ketones (excluding diaryl/α,β-unsaturated/α-hetero) is 1. The van der Waals surface area contributed by atoms with Gasteiger partial charge in [-0.15, -0.1) is 11.3 Å². The number of thioether (sulfide) groups is 1. The van der Waals surface area contributed by atoms with Gasteiger partial charge in [-0.3, -0.25) is 4.79 Å². The van der Waals surface area contributed by atoms with Crippen LogP contribution in [0, 0.1) is 0 Å². The molecule has 82 valence electrons. The highest BCUT2D eigenvalue weighted by atomic mass is 32.2. The van der Waals surface area contributed by atoms with Crippen LogP contribution in [0.1, 0.15) is 24.8 Å². The maximum Gasteiger partial charge on any atom is 0.140 e. The zero-order valence-electron chi connectivity index (χ0n) is 8.65. The summed E-state index contributed by atoms with van der Waals surface area (Å²) in [7, 11) is 0. The summed E-state index contributed by atoms with van der Waals surface area (Å²) in [6.07, 6.45) is 0. The Kier molecular flexibility index (Phi) is 5.28. The number of ketones is 1. The maximum atomic E-state index is 10.8. The predicted molar refractivity (Wildman–Crippen MR) is 71.6 cm³/mol. The molecule has 1 heterocycles. The van der Waals surface area contributed by atoms with Gasteiger partial charge in [0.2, 0.25) is 0 Å². The van der Waals surface area contributed by atoms with Gasteiger partial charge in [-0.2, -0.15) is 0 Å². The van der Waals surface area contributed by atoms with Gasteiger partial charge in [-0.1, -0.05) is 30.0 Å². The van der Waals surface area contributed by atoms with E-state index in [4.69, 9.17) is 12.2 Å². The molecular formula is C10H13NOS3. The van der Waals surface area contributed by atoms with Crippen LogP contribution in [-0.2, 0) is 4.79 Å². The molecule has 0 radical (unpaired) electrons. The molecule has 1 N–H and O–H groups in total. The second-order valence-electron chi connectivity index (χ2n) is 3.16. The zero-order valence-corrected chi connectivity index (χ0v) is 11.1. The number of hydrogen-bond acceptors (Lipinski definition) is 4. The average molecular weight is 259 g/mol. The molecule has 1 rings (SSSR count). The summed E-state index contributed by atoms with van der Waals surface area (Å²) in [6, 6.07) is 4.31. The van der Waals surface area contributed by atoms with Crippen LogP contribution >= 0.6 is 35.3 Å². The van der Waals surface area contributed by atoms with E-state index in [2.05, 4.69) is 18.3 Å². The molecule has 2 nitrogen and oxygen atoms in total. The van der Waals surface area contributed by atoms with Gasteiger partial charge in [0.1, 0.15) is 10.1 Å². The number of thiophene rings is 1. The smallest absolute Gasteiger partial charge is 0.140 e. The summed E-state index contributed by atoms with van der Waals surface area (Å²) in [5.74, 6) is 0.594. The van der Waals surface area contributed by atoms with Gasteiger partial charge >= 0.3 is 0 Å². The molecule has 0 spiro atoms. The van der Waals surface area contributed by atoms with Crippen molar-refractivity contribution in [2.24, 2.45) is 0 Å². The van der Waals surface area contributed by atoms with E-state index < -0.39 is 0 Å². The molecule has 0 fully saturated rings. The standard InChI is InChI=1S/C10H13NOS3/c1-7(12)6-15-10(13)11-8(2)9-4-3-5-14-9/h3-5,8H,6H2,1-2H3,(H,11,13). The maximum absolute atomic E-state index is 10.8. The molecule has 5 heteroatoms. The lowest BCUT2D eigenvalue weighted by atomic mass is 10.3. The molecule has 0 saturated heterocycles. The Balaban J connectivity index is 2.35. The van der Waals surface area contributed by atoms with Crippen LogP contribution in [0.5, 0.6) is 0 Å². The van der Waals surface area contributed by atoms with Crippen LogP contribution in [0.4, 0.5) is 0 Å². The first-order valence-corrected chi connectivity index (χ1v) is 6.83. The zero-order chi connectivity index (χ0) is 11.3. The van der Waals surface area contributed by atoms with Crippen molar-refractivity contribution in [1.82, 2.24) is 5.32 Å². The van der Waals surface area contributed by atoms with Crippen molar-refractivity contribution in [3.8, 4) is 0 Å². The van der Waals surface area contributed by atoms with Crippen molar-refractivity contribution >= 4 is 45.4 Å². The third-order valence-electron chi connectivity index (χ3n) is 1.71. The molecule has 1 atom stereocenters. The van der Waals surface area contributed by atoms with E-state index in [0.29, 0.717) is 10.1 Å². The molecule has 0 bridgehead atoms. The first-order valence-electron chi connectivity index (χ1n) is 4.55. The lowest BCUT2D eigenvalue weighted by Crippen LogP contribution is -2.22. The summed E-state index contributed by atoms with van der Waals surface area (Å²) >= 11 is 8.21. The van der Waals surface area contributed by atoms with Crippen molar-refractivity contribution < 1.29 is 4.79 Å². The normalized spacial score (nSPS) is 12.1. The molecule has 0 saturated carbocycles. The average Bonchev–Trinajstić information content (AvgIpc) is 2.67. The molecule has 0 aliphatic carbocycles. The van der Waals surface area contributed by atoms with Crippen LogP contribution in [-0.4, -0.2) is 15.9 Å². The Bertz CT molecular complexity index is 334. The van der Waals surface area contributed by atoms with Crippen molar-refractivity contribution in [3.63, 3.8) is 0 Å². The van der Waals surface area contributed by atoms with Gasteiger partial charge in [0.15, 0.2) is 0 Å². The molecule has 15 heavy (non-hydrogen) atoms. The number of carbonyl (C=O) groups is 1. The number of hydrogen-bond donors (Lipinski definition) is 1.